The summed E-state index contributed by atoms with van der Waals surface area (Å²) in [5.74, 6) is 2.66. The minimum absolute atomic E-state index is 0.242. The van der Waals surface area contributed by atoms with Crippen LogP contribution in [-0.2, 0) is 10.5 Å². The van der Waals surface area contributed by atoms with Gasteiger partial charge in [-0.1, -0.05) is 44.2 Å². The molecule has 3 heteroatoms. The van der Waals surface area contributed by atoms with Crippen LogP contribution in [0.3, 0.4) is 0 Å². The van der Waals surface area contributed by atoms with Gasteiger partial charge in [-0.15, -0.1) is 0 Å². The van der Waals surface area contributed by atoms with Crippen LogP contribution in [0.5, 0.6) is 0 Å². The van der Waals surface area contributed by atoms with Crippen LogP contribution >= 0.6 is 11.8 Å². The number of carbonyl (C=O) groups excluding carboxylic acids is 1. The van der Waals surface area contributed by atoms with Crippen molar-refractivity contribution < 1.29 is 4.79 Å². The molecule has 0 spiro atoms. The van der Waals surface area contributed by atoms with Crippen LogP contribution in [0.1, 0.15) is 32.3 Å². The predicted molar refractivity (Wildman–Crippen MR) is 82.1 cm³/mol. The summed E-state index contributed by atoms with van der Waals surface area (Å²) in [4.78, 5) is 11.8. The number of thioether (sulfide) groups is 1. The second-order valence-electron chi connectivity index (χ2n) is 5.93. The average molecular weight is 277 g/mol. The van der Waals surface area contributed by atoms with E-state index in [1.54, 1.807) is 0 Å². The third-order valence-corrected chi connectivity index (χ3v) is 4.82. The number of hydrogen-bond acceptors (Lipinski definition) is 2. The molecule has 0 bridgehead atoms. The first kappa shape index (κ1) is 14.4. The summed E-state index contributed by atoms with van der Waals surface area (Å²) in [6, 6.07) is 10.5. The van der Waals surface area contributed by atoms with Crippen LogP contribution in [0, 0.1) is 11.3 Å². The quantitative estimate of drug-likeness (QED) is 0.773. The van der Waals surface area contributed by atoms with Gasteiger partial charge in [0.15, 0.2) is 0 Å². The smallest absolute Gasteiger partial charge is 0.223 e. The Labute approximate surface area is 120 Å². The lowest BCUT2D eigenvalue weighted by molar-refractivity contribution is -0.122. The van der Waals surface area contributed by atoms with Crippen molar-refractivity contribution in [3.8, 4) is 0 Å². The lowest BCUT2D eigenvalue weighted by atomic mass is 10.1. The second-order valence-corrected chi connectivity index (χ2v) is 7.03. The molecule has 0 heterocycles. The summed E-state index contributed by atoms with van der Waals surface area (Å²) in [7, 11) is 0. The molecule has 1 atom stereocenters. The van der Waals surface area contributed by atoms with Crippen molar-refractivity contribution in [1.82, 2.24) is 5.32 Å². The lowest BCUT2D eigenvalue weighted by Crippen LogP contribution is -2.27. The number of nitrogens with one attached hydrogen (secondary N) is 1. The van der Waals surface area contributed by atoms with E-state index in [1.165, 1.54) is 5.56 Å². The average Bonchev–Trinajstić information content (AvgIpc) is 3.04. The van der Waals surface area contributed by atoms with Gasteiger partial charge in [0, 0.05) is 18.2 Å². The molecule has 1 aromatic rings. The van der Waals surface area contributed by atoms with Crippen molar-refractivity contribution >= 4 is 17.7 Å². The van der Waals surface area contributed by atoms with Gasteiger partial charge in [-0.2, -0.15) is 11.8 Å². The standard InChI is InChI=1S/C16H23NOS/c1-16(2)11-14(16)15(18)17-9-6-10-19-12-13-7-4-3-5-8-13/h3-5,7-8,14H,6,9-12H2,1-2H3,(H,17,18)/t14-/m0/s1. The van der Waals surface area contributed by atoms with E-state index in [0.29, 0.717) is 0 Å². The van der Waals surface area contributed by atoms with Crippen molar-refractivity contribution in [2.24, 2.45) is 11.3 Å². The molecular formula is C16H23NOS. The third kappa shape index (κ3) is 4.57. The van der Waals surface area contributed by atoms with Crippen LogP contribution in [0.25, 0.3) is 0 Å². The zero-order valence-corrected chi connectivity index (χ0v) is 12.6. The molecule has 1 saturated carbocycles. The van der Waals surface area contributed by atoms with Gasteiger partial charge in [-0.05, 0) is 29.6 Å². The number of hydrogen-bond donors (Lipinski definition) is 1. The summed E-state index contributed by atoms with van der Waals surface area (Å²) in [5.41, 5.74) is 1.61. The van der Waals surface area contributed by atoms with Crippen molar-refractivity contribution in [2.75, 3.05) is 12.3 Å². The Morgan fingerprint density at radius 2 is 2.05 bits per heavy atom. The summed E-state index contributed by atoms with van der Waals surface area (Å²) in [6.45, 7) is 5.13. The maximum Gasteiger partial charge on any atom is 0.223 e. The fraction of sp³-hybridized carbons (Fsp3) is 0.562. The first-order valence-electron chi connectivity index (χ1n) is 6.99. The Balaban J connectivity index is 1.50. The summed E-state index contributed by atoms with van der Waals surface area (Å²) in [5, 5.41) is 3.05. The van der Waals surface area contributed by atoms with Gasteiger partial charge in [0.05, 0.1) is 0 Å². The predicted octanol–water partition coefficient (Wildman–Crippen LogP) is 3.47. The van der Waals surface area contributed by atoms with E-state index >= 15 is 0 Å². The Morgan fingerprint density at radius 1 is 1.37 bits per heavy atom. The van der Waals surface area contributed by atoms with Gasteiger partial charge >= 0.3 is 0 Å². The molecule has 0 unspecified atom stereocenters. The van der Waals surface area contributed by atoms with E-state index in [2.05, 4.69) is 43.4 Å². The molecule has 19 heavy (non-hydrogen) atoms. The highest BCUT2D eigenvalue weighted by Crippen LogP contribution is 2.51. The Hall–Kier alpha value is -0.960. The Bertz CT molecular complexity index is 416. The maximum atomic E-state index is 11.8. The number of benzene rings is 1. The summed E-state index contributed by atoms with van der Waals surface area (Å²) in [6.07, 6.45) is 2.10. The van der Waals surface area contributed by atoms with Gasteiger partial charge in [0.1, 0.15) is 0 Å². The van der Waals surface area contributed by atoms with E-state index in [9.17, 15) is 4.79 Å². The molecule has 0 aromatic heterocycles. The van der Waals surface area contributed by atoms with E-state index in [-0.39, 0.29) is 17.2 Å². The van der Waals surface area contributed by atoms with Crippen molar-refractivity contribution in [2.45, 2.75) is 32.4 Å². The largest absolute Gasteiger partial charge is 0.356 e. The highest BCUT2D eigenvalue weighted by Gasteiger charge is 2.50. The minimum Gasteiger partial charge on any atom is -0.356 e. The van der Waals surface area contributed by atoms with Gasteiger partial charge in [0.2, 0.25) is 5.91 Å². The number of amides is 1. The first-order valence-corrected chi connectivity index (χ1v) is 8.14. The van der Waals surface area contributed by atoms with Crippen molar-refractivity contribution in [3.05, 3.63) is 35.9 Å². The molecule has 2 rings (SSSR count). The van der Waals surface area contributed by atoms with Crippen LogP contribution in [0.4, 0.5) is 0 Å². The monoisotopic (exact) mass is 277 g/mol. The SMILES string of the molecule is CC1(C)C[C@H]1C(=O)NCCCSCc1ccccc1. The molecule has 1 aromatic carbocycles. The van der Waals surface area contributed by atoms with Crippen LogP contribution in [0.15, 0.2) is 30.3 Å². The highest BCUT2D eigenvalue weighted by atomic mass is 32.2. The molecule has 0 saturated heterocycles. The first-order chi connectivity index (χ1) is 9.09. The van der Waals surface area contributed by atoms with Crippen LogP contribution < -0.4 is 5.32 Å². The summed E-state index contributed by atoms with van der Waals surface area (Å²) < 4.78 is 0. The van der Waals surface area contributed by atoms with Crippen LogP contribution in [-0.4, -0.2) is 18.2 Å². The van der Waals surface area contributed by atoms with Gasteiger partial charge in [-0.3, -0.25) is 4.79 Å². The number of carbonyl (C=O) groups is 1. The van der Waals surface area contributed by atoms with Crippen molar-refractivity contribution in [1.29, 1.82) is 0 Å². The van der Waals surface area contributed by atoms with E-state index in [4.69, 9.17) is 0 Å². The molecule has 1 amide bonds. The second kappa shape index (κ2) is 6.47. The maximum absolute atomic E-state index is 11.8. The third-order valence-electron chi connectivity index (χ3n) is 3.71. The summed E-state index contributed by atoms with van der Waals surface area (Å²) >= 11 is 1.93. The van der Waals surface area contributed by atoms with Gasteiger partial charge in [0.25, 0.3) is 0 Å². The normalized spacial score (nSPS) is 20.0. The molecule has 1 aliphatic rings. The molecule has 1 fully saturated rings. The van der Waals surface area contributed by atoms with E-state index in [1.807, 2.05) is 17.8 Å². The fourth-order valence-corrected chi connectivity index (χ4v) is 3.11. The Morgan fingerprint density at radius 3 is 2.68 bits per heavy atom. The van der Waals surface area contributed by atoms with E-state index in [0.717, 1.165) is 30.9 Å². The molecule has 0 aliphatic heterocycles. The van der Waals surface area contributed by atoms with E-state index < -0.39 is 0 Å². The zero-order valence-electron chi connectivity index (χ0n) is 11.8. The van der Waals surface area contributed by atoms with Gasteiger partial charge in [-0.25, -0.2) is 0 Å². The Kier molecular flexibility index (Phi) is 4.92. The molecule has 104 valence electrons. The number of rotatable bonds is 7. The molecule has 1 aliphatic carbocycles. The topological polar surface area (TPSA) is 29.1 Å². The van der Waals surface area contributed by atoms with Crippen molar-refractivity contribution in [3.63, 3.8) is 0 Å². The molecule has 1 N–H and O–H groups in total. The molecular weight excluding hydrogens is 254 g/mol. The van der Waals surface area contributed by atoms with Gasteiger partial charge < -0.3 is 5.32 Å². The molecule has 0 radical (unpaired) electrons. The fourth-order valence-electron chi connectivity index (χ4n) is 2.19. The zero-order chi connectivity index (χ0) is 13.7. The molecule has 2 nitrogen and oxygen atoms in total. The minimum atomic E-state index is 0.242. The van der Waals surface area contributed by atoms with Crippen LogP contribution in [0.2, 0.25) is 0 Å². The highest BCUT2D eigenvalue weighted by molar-refractivity contribution is 7.98. The lowest BCUT2D eigenvalue weighted by Gasteiger charge is -2.06.